The van der Waals surface area contributed by atoms with Crippen LogP contribution < -0.4 is 5.32 Å². The van der Waals surface area contributed by atoms with Crippen molar-refractivity contribution in [2.45, 2.75) is 55.7 Å². The van der Waals surface area contributed by atoms with E-state index in [0.717, 1.165) is 6.92 Å². The van der Waals surface area contributed by atoms with Crippen LogP contribution in [0.5, 0.6) is 0 Å². The third-order valence-electron chi connectivity index (χ3n) is 3.65. The van der Waals surface area contributed by atoms with Crippen LogP contribution in [-0.2, 0) is 43.5 Å². The van der Waals surface area contributed by atoms with Gasteiger partial charge in [-0.15, -0.1) is 0 Å². The minimum Gasteiger partial charge on any atom is -0.394 e. The van der Waals surface area contributed by atoms with E-state index in [0.29, 0.717) is 0 Å². The molecule has 0 radical (unpaired) electrons. The minimum atomic E-state index is -5.05. The fourth-order valence-electron chi connectivity index (χ4n) is 2.06. The molecule has 0 aromatic rings. The van der Waals surface area contributed by atoms with Gasteiger partial charge in [0.2, 0.25) is 5.91 Å². The summed E-state index contributed by atoms with van der Waals surface area (Å²) in [5.74, 6) is -0.708. The first-order valence-corrected chi connectivity index (χ1v) is 11.7. The summed E-state index contributed by atoms with van der Waals surface area (Å²) in [6, 6.07) is -1.59. The zero-order chi connectivity index (χ0) is 28.1. The Balaban J connectivity index is 0. The van der Waals surface area contributed by atoms with Crippen molar-refractivity contribution in [3.63, 3.8) is 0 Å². The molecule has 35 heavy (non-hydrogen) atoms. The summed E-state index contributed by atoms with van der Waals surface area (Å²) >= 11 is 0. The van der Waals surface area contributed by atoms with Crippen molar-refractivity contribution >= 4 is 39.3 Å². The summed E-state index contributed by atoms with van der Waals surface area (Å²) in [6.07, 6.45) is -14.1. The maximum atomic E-state index is 10.8. The molecular weight excluding hydrogens is 534 g/mol. The summed E-state index contributed by atoms with van der Waals surface area (Å²) in [6.45, 7) is -0.900. The summed E-state index contributed by atoms with van der Waals surface area (Å²) in [7, 11) is -10.0. The normalized spacial score (nSPS) is 18.9. The third kappa shape index (κ3) is 15.1. The van der Waals surface area contributed by atoms with E-state index in [9.17, 15) is 46.5 Å². The van der Waals surface area contributed by atoms with Crippen LogP contribution in [0.1, 0.15) is 6.92 Å². The van der Waals surface area contributed by atoms with Gasteiger partial charge in [0.1, 0.15) is 49.0 Å². The van der Waals surface area contributed by atoms with E-state index in [1.165, 1.54) is 0 Å². The Morgan fingerprint density at radius 2 is 1.26 bits per heavy atom. The molecule has 8 atom stereocenters. The summed E-state index contributed by atoms with van der Waals surface area (Å²) in [5.41, 5.74) is 0. The Hall–Kier alpha value is -1.73. The molecule has 0 saturated heterocycles. The summed E-state index contributed by atoms with van der Waals surface area (Å²) in [4.78, 5) is 31.8. The van der Waals surface area contributed by atoms with Crippen LogP contribution in [0.15, 0.2) is 0 Å². The molecule has 208 valence electrons. The second kappa shape index (κ2) is 16.1. The molecule has 0 fully saturated rings. The molecule has 0 rings (SSSR count). The highest BCUT2D eigenvalue weighted by Gasteiger charge is 2.37. The van der Waals surface area contributed by atoms with E-state index in [4.69, 9.17) is 29.5 Å². The molecule has 0 aromatic heterocycles. The van der Waals surface area contributed by atoms with Gasteiger partial charge in [-0.3, -0.25) is 13.9 Å². The molecule has 0 unspecified atom stereocenters. The Labute approximate surface area is 198 Å². The number of rotatable bonds is 15. The minimum absolute atomic E-state index is 0.0799. The van der Waals surface area contributed by atoms with Crippen LogP contribution in [0, 0.1) is 0 Å². The van der Waals surface area contributed by atoms with Crippen LogP contribution in [0.3, 0.4) is 0 Å². The molecule has 19 nitrogen and oxygen atoms in total. The van der Waals surface area contributed by atoms with Gasteiger partial charge in [-0.05, 0) is 0 Å². The highest BCUT2D eigenvalue weighted by molar-refractivity contribution is 7.81. The standard InChI is InChI=1S/C8H15NO9S.C6H12O9S/c1-4(12)9-5(2-10)7(14)8(6(13)3-11)18-19(15,16)17;7-1-3(9)5(10)6(11)4(2-8)15-16(12,13)14/h2,5-8,11,13-14H,3H2,1H3,(H,9,12)(H,15,16,17);2-7,9-11H,1H2,(H,12,13,14)/t5-,6+,7+,8-;3-,4+,5-,6-/m01/s1. The van der Waals surface area contributed by atoms with E-state index in [-0.39, 0.29) is 12.6 Å². The number of amides is 1. The molecule has 0 aliphatic heterocycles. The van der Waals surface area contributed by atoms with Gasteiger partial charge in [0.25, 0.3) is 0 Å². The molecular formula is C14H27NO18S2. The second-order valence-corrected chi connectivity index (χ2v) is 8.54. The molecule has 0 bridgehead atoms. The van der Waals surface area contributed by atoms with Crippen molar-refractivity contribution in [2.24, 2.45) is 0 Å². The Kier molecular flexibility index (Phi) is 16.3. The number of aliphatic hydroxyl groups is 7. The van der Waals surface area contributed by atoms with Crippen LogP contribution in [0.4, 0.5) is 0 Å². The van der Waals surface area contributed by atoms with Gasteiger partial charge in [-0.1, -0.05) is 0 Å². The number of carbonyl (C=O) groups is 3. The van der Waals surface area contributed by atoms with Gasteiger partial charge < -0.3 is 50.7 Å². The number of nitrogens with one attached hydrogen (secondary N) is 1. The van der Waals surface area contributed by atoms with E-state index in [2.05, 4.69) is 8.37 Å². The SMILES string of the molecule is CC(=O)N[C@@H](C=O)[C@@H](O)[C@@H](OS(=O)(=O)O)[C@H](O)CO.O=C[C@H](OS(=O)(=O)O)[C@@H](O)[C@H](O)[C@H](O)CO. The quantitative estimate of drug-likeness (QED) is 0.0655. The van der Waals surface area contributed by atoms with Crippen LogP contribution >= 0.6 is 0 Å². The average molecular weight is 561 g/mol. The average Bonchev–Trinajstić information content (AvgIpc) is 2.75. The molecule has 0 heterocycles. The molecule has 21 heteroatoms. The van der Waals surface area contributed by atoms with Crippen LogP contribution in [-0.4, -0.2) is 142 Å². The van der Waals surface area contributed by atoms with Crippen molar-refractivity contribution in [3.8, 4) is 0 Å². The Morgan fingerprint density at radius 3 is 1.57 bits per heavy atom. The highest BCUT2D eigenvalue weighted by Crippen LogP contribution is 2.12. The number of aldehydes is 2. The number of hydrogen-bond acceptors (Lipinski definition) is 16. The first-order chi connectivity index (χ1) is 15.8. The van der Waals surface area contributed by atoms with Crippen molar-refractivity contribution in [3.05, 3.63) is 0 Å². The Morgan fingerprint density at radius 1 is 0.800 bits per heavy atom. The smallest absolute Gasteiger partial charge is 0.394 e. The second-order valence-electron chi connectivity index (χ2n) is 6.45. The van der Waals surface area contributed by atoms with Crippen LogP contribution in [0.2, 0.25) is 0 Å². The van der Waals surface area contributed by atoms with Gasteiger partial charge in [0.05, 0.1) is 13.2 Å². The predicted molar refractivity (Wildman–Crippen MR) is 107 cm³/mol. The highest BCUT2D eigenvalue weighted by atomic mass is 32.3. The maximum absolute atomic E-state index is 10.8. The fraction of sp³-hybridized carbons (Fsp3) is 0.786. The molecule has 0 aliphatic rings. The zero-order valence-electron chi connectivity index (χ0n) is 17.7. The molecule has 10 N–H and O–H groups in total. The lowest BCUT2D eigenvalue weighted by molar-refractivity contribution is -0.133. The van der Waals surface area contributed by atoms with Crippen LogP contribution in [0.25, 0.3) is 0 Å². The van der Waals surface area contributed by atoms with Crippen molar-refractivity contribution in [1.82, 2.24) is 5.32 Å². The number of carbonyl (C=O) groups excluding carboxylic acids is 3. The molecule has 0 spiro atoms. The van der Waals surface area contributed by atoms with Gasteiger partial charge in [-0.2, -0.15) is 16.8 Å². The maximum Gasteiger partial charge on any atom is 0.398 e. The van der Waals surface area contributed by atoms with Gasteiger partial charge in [0, 0.05) is 6.92 Å². The molecule has 1 amide bonds. The van der Waals surface area contributed by atoms with Gasteiger partial charge >= 0.3 is 20.8 Å². The van der Waals surface area contributed by atoms with E-state index >= 15 is 0 Å². The summed E-state index contributed by atoms with van der Waals surface area (Å²) in [5, 5.41) is 65.2. The van der Waals surface area contributed by atoms with Gasteiger partial charge in [0.15, 0.2) is 12.4 Å². The van der Waals surface area contributed by atoms with E-state index < -0.39 is 88.7 Å². The van der Waals surface area contributed by atoms with Crippen molar-refractivity contribution < 1.29 is 84.4 Å². The molecule has 0 saturated carbocycles. The largest absolute Gasteiger partial charge is 0.398 e. The van der Waals surface area contributed by atoms with Crippen molar-refractivity contribution in [2.75, 3.05) is 13.2 Å². The molecule has 0 aliphatic carbocycles. The molecule has 0 aromatic carbocycles. The lowest BCUT2D eigenvalue weighted by Crippen LogP contribution is -2.54. The van der Waals surface area contributed by atoms with Crippen molar-refractivity contribution in [1.29, 1.82) is 0 Å². The first-order valence-electron chi connectivity index (χ1n) is 8.96. The lowest BCUT2D eigenvalue weighted by atomic mass is 10.0. The van der Waals surface area contributed by atoms with E-state index in [1.807, 2.05) is 5.32 Å². The lowest BCUT2D eigenvalue weighted by Gasteiger charge is -2.28. The summed E-state index contributed by atoms with van der Waals surface area (Å²) < 4.78 is 66.0. The predicted octanol–water partition coefficient (Wildman–Crippen LogP) is -6.96. The number of hydrogen-bond donors (Lipinski definition) is 10. The van der Waals surface area contributed by atoms with E-state index in [1.54, 1.807) is 0 Å². The first kappa shape index (κ1) is 35.4. The number of aliphatic hydroxyl groups excluding tert-OH is 7. The third-order valence-corrected chi connectivity index (χ3v) is 4.59. The fourth-order valence-corrected chi connectivity index (χ4v) is 3.03. The topological polar surface area (TPSA) is 332 Å². The monoisotopic (exact) mass is 561 g/mol. The van der Waals surface area contributed by atoms with Gasteiger partial charge in [-0.25, -0.2) is 8.37 Å². The zero-order valence-corrected chi connectivity index (χ0v) is 19.3. The Bertz CT molecular complexity index is 862.